The molecular formula is C12H16FNO. The van der Waals surface area contributed by atoms with E-state index in [-0.39, 0.29) is 11.4 Å². The van der Waals surface area contributed by atoms with Crippen molar-refractivity contribution in [2.75, 3.05) is 7.11 Å². The van der Waals surface area contributed by atoms with Gasteiger partial charge in [0.15, 0.2) is 11.6 Å². The van der Waals surface area contributed by atoms with Crippen LogP contribution < -0.4 is 10.5 Å². The highest BCUT2D eigenvalue weighted by atomic mass is 19.1. The van der Waals surface area contributed by atoms with Gasteiger partial charge in [0.05, 0.1) is 7.11 Å². The number of hydrogen-bond acceptors (Lipinski definition) is 2. The zero-order valence-corrected chi connectivity index (χ0v) is 9.14. The fraction of sp³-hybridized carbons (Fsp3) is 0.500. The summed E-state index contributed by atoms with van der Waals surface area (Å²) in [5.74, 6) is 0.00546. The summed E-state index contributed by atoms with van der Waals surface area (Å²) in [5.41, 5.74) is 7.54. The van der Waals surface area contributed by atoms with Crippen LogP contribution >= 0.6 is 0 Å². The molecule has 0 atom stereocenters. The average Bonchev–Trinajstić information content (AvgIpc) is 2.13. The van der Waals surface area contributed by atoms with Gasteiger partial charge in [0, 0.05) is 5.54 Å². The molecule has 0 unspecified atom stereocenters. The normalized spacial score (nSPS) is 18.4. The number of rotatable bonds is 2. The number of halogens is 1. The molecule has 1 aliphatic rings. The third-order valence-corrected chi connectivity index (χ3v) is 3.25. The molecule has 15 heavy (non-hydrogen) atoms. The van der Waals surface area contributed by atoms with Gasteiger partial charge in [-0.3, -0.25) is 0 Å². The molecule has 1 fully saturated rings. The van der Waals surface area contributed by atoms with Crippen molar-refractivity contribution < 1.29 is 9.13 Å². The van der Waals surface area contributed by atoms with Crippen LogP contribution in [0.5, 0.6) is 5.75 Å². The molecule has 1 saturated carbocycles. The number of ether oxygens (including phenoxy) is 1. The topological polar surface area (TPSA) is 35.2 Å². The van der Waals surface area contributed by atoms with Crippen molar-refractivity contribution in [2.45, 2.75) is 31.7 Å². The van der Waals surface area contributed by atoms with Crippen molar-refractivity contribution in [1.29, 1.82) is 0 Å². The molecule has 2 rings (SSSR count). The molecule has 0 aromatic heterocycles. The SMILES string of the molecule is COc1c(C)cc(C2(N)CCC2)cc1F. The van der Waals surface area contributed by atoms with Crippen LogP contribution in [0.3, 0.4) is 0 Å². The van der Waals surface area contributed by atoms with Crippen LogP contribution in [0.25, 0.3) is 0 Å². The van der Waals surface area contributed by atoms with Gasteiger partial charge in [-0.25, -0.2) is 4.39 Å². The van der Waals surface area contributed by atoms with Gasteiger partial charge in [-0.05, 0) is 43.4 Å². The summed E-state index contributed by atoms with van der Waals surface area (Å²) in [6, 6.07) is 3.44. The standard InChI is InChI=1S/C12H16FNO/c1-8-6-9(12(14)4-3-5-12)7-10(13)11(8)15-2/h6-7H,3-5,14H2,1-2H3. The first-order chi connectivity index (χ1) is 7.07. The van der Waals surface area contributed by atoms with Crippen LogP contribution in [-0.4, -0.2) is 7.11 Å². The van der Waals surface area contributed by atoms with Crippen LogP contribution in [0.2, 0.25) is 0 Å². The maximum atomic E-state index is 13.6. The lowest BCUT2D eigenvalue weighted by Gasteiger charge is -2.39. The lowest BCUT2D eigenvalue weighted by Crippen LogP contribution is -2.43. The summed E-state index contributed by atoms with van der Waals surface area (Å²) < 4.78 is 18.6. The molecule has 0 amide bonds. The van der Waals surface area contributed by atoms with Crippen LogP contribution in [0.15, 0.2) is 12.1 Å². The molecule has 2 nitrogen and oxygen atoms in total. The zero-order valence-electron chi connectivity index (χ0n) is 9.14. The van der Waals surface area contributed by atoms with Gasteiger partial charge < -0.3 is 10.5 Å². The van der Waals surface area contributed by atoms with Gasteiger partial charge >= 0.3 is 0 Å². The van der Waals surface area contributed by atoms with E-state index in [9.17, 15) is 4.39 Å². The number of benzene rings is 1. The van der Waals surface area contributed by atoms with E-state index in [1.54, 1.807) is 0 Å². The molecule has 0 spiro atoms. The Balaban J connectivity index is 2.43. The molecule has 0 heterocycles. The van der Waals surface area contributed by atoms with Crippen LogP contribution in [0.4, 0.5) is 4.39 Å². The molecule has 1 aromatic carbocycles. The second kappa shape index (κ2) is 3.49. The van der Waals surface area contributed by atoms with E-state index < -0.39 is 0 Å². The van der Waals surface area contributed by atoms with Gasteiger partial charge in [0.1, 0.15) is 0 Å². The largest absolute Gasteiger partial charge is 0.493 e. The summed E-state index contributed by atoms with van der Waals surface area (Å²) in [7, 11) is 1.48. The van der Waals surface area contributed by atoms with Gasteiger partial charge in [-0.1, -0.05) is 6.07 Å². The molecule has 2 N–H and O–H groups in total. The maximum absolute atomic E-state index is 13.6. The molecule has 0 saturated heterocycles. The Hall–Kier alpha value is -1.09. The minimum atomic E-state index is -0.316. The number of nitrogens with two attached hydrogens (primary N) is 1. The van der Waals surface area contributed by atoms with E-state index in [4.69, 9.17) is 10.5 Å². The van der Waals surface area contributed by atoms with E-state index >= 15 is 0 Å². The van der Waals surface area contributed by atoms with Gasteiger partial charge in [0.2, 0.25) is 0 Å². The first-order valence-electron chi connectivity index (χ1n) is 5.20. The third-order valence-electron chi connectivity index (χ3n) is 3.25. The molecule has 82 valence electrons. The third kappa shape index (κ3) is 1.61. The van der Waals surface area contributed by atoms with Crippen molar-refractivity contribution in [3.8, 4) is 5.75 Å². The van der Waals surface area contributed by atoms with Crippen LogP contribution in [-0.2, 0) is 5.54 Å². The van der Waals surface area contributed by atoms with Gasteiger partial charge in [-0.15, -0.1) is 0 Å². The van der Waals surface area contributed by atoms with E-state index in [0.29, 0.717) is 5.75 Å². The molecular weight excluding hydrogens is 193 g/mol. The molecule has 0 aliphatic heterocycles. The summed E-state index contributed by atoms with van der Waals surface area (Å²) in [6.45, 7) is 1.84. The lowest BCUT2D eigenvalue weighted by molar-refractivity contribution is 0.252. The summed E-state index contributed by atoms with van der Waals surface area (Å²) in [4.78, 5) is 0. The minimum Gasteiger partial charge on any atom is -0.493 e. The van der Waals surface area contributed by atoms with E-state index in [1.807, 2.05) is 13.0 Å². The Bertz CT molecular complexity index is 362. The van der Waals surface area contributed by atoms with Crippen molar-refractivity contribution in [1.82, 2.24) is 0 Å². The maximum Gasteiger partial charge on any atom is 0.165 e. The highest BCUT2D eigenvalue weighted by Crippen LogP contribution is 2.40. The highest BCUT2D eigenvalue weighted by molar-refractivity contribution is 5.41. The summed E-state index contributed by atoms with van der Waals surface area (Å²) in [6.07, 6.45) is 3.01. The second-order valence-corrected chi connectivity index (χ2v) is 4.32. The van der Waals surface area contributed by atoms with Crippen molar-refractivity contribution in [2.24, 2.45) is 5.73 Å². The van der Waals surface area contributed by atoms with Crippen molar-refractivity contribution >= 4 is 0 Å². The Morgan fingerprint density at radius 1 is 1.40 bits per heavy atom. The second-order valence-electron chi connectivity index (χ2n) is 4.32. The predicted octanol–water partition coefficient (Wildman–Crippen LogP) is 2.48. The van der Waals surface area contributed by atoms with Gasteiger partial charge in [-0.2, -0.15) is 0 Å². The van der Waals surface area contributed by atoms with Crippen molar-refractivity contribution in [3.63, 3.8) is 0 Å². The van der Waals surface area contributed by atoms with E-state index in [0.717, 1.165) is 30.4 Å². The van der Waals surface area contributed by atoms with Crippen LogP contribution in [0.1, 0.15) is 30.4 Å². The average molecular weight is 209 g/mol. The first-order valence-corrected chi connectivity index (χ1v) is 5.20. The van der Waals surface area contributed by atoms with Crippen LogP contribution in [0, 0.1) is 12.7 Å². The fourth-order valence-corrected chi connectivity index (χ4v) is 2.12. The predicted molar refractivity (Wildman–Crippen MR) is 57.4 cm³/mol. The number of aryl methyl sites for hydroxylation is 1. The smallest absolute Gasteiger partial charge is 0.165 e. The molecule has 0 bridgehead atoms. The molecule has 1 aliphatic carbocycles. The fourth-order valence-electron chi connectivity index (χ4n) is 2.12. The summed E-state index contributed by atoms with van der Waals surface area (Å²) >= 11 is 0. The Morgan fingerprint density at radius 2 is 2.07 bits per heavy atom. The number of methoxy groups -OCH3 is 1. The minimum absolute atomic E-state index is 0.308. The monoisotopic (exact) mass is 209 g/mol. The first kappa shape index (κ1) is 10.4. The lowest BCUT2D eigenvalue weighted by atomic mass is 9.72. The van der Waals surface area contributed by atoms with Crippen molar-refractivity contribution in [3.05, 3.63) is 29.1 Å². The zero-order chi connectivity index (χ0) is 11.1. The summed E-state index contributed by atoms with van der Waals surface area (Å²) in [5, 5.41) is 0. The Labute approximate surface area is 89.2 Å². The van der Waals surface area contributed by atoms with E-state index in [2.05, 4.69) is 0 Å². The Kier molecular flexibility index (Phi) is 2.43. The molecule has 3 heteroatoms. The highest BCUT2D eigenvalue weighted by Gasteiger charge is 2.35. The molecule has 0 radical (unpaired) electrons. The quantitative estimate of drug-likeness (QED) is 0.812. The number of hydrogen-bond donors (Lipinski definition) is 1. The Morgan fingerprint density at radius 3 is 2.47 bits per heavy atom. The van der Waals surface area contributed by atoms with Gasteiger partial charge in [0.25, 0.3) is 0 Å². The van der Waals surface area contributed by atoms with E-state index in [1.165, 1.54) is 13.2 Å². The molecule has 1 aromatic rings.